The fourth-order valence-corrected chi connectivity index (χ4v) is 16.0. The SMILES string of the molecule is C.C.CC(=O)C1(c2cnc(N(CC(C)C)C3CCOCC3)c(N)c2)CC1.CC(=O)C1(c2cnc(N(CC(C)C)C3CCOCC3)c(Nc3ccc(Cl)cn3)c2)CC1.CC(=O)C1(c2cnc(N(CC(C)C)C3CCOCC3)c([N+](=O)[O-])c2)CC1.CC(=O)Cc1cnc(N(CC(C)C)C2CCOCC2)c([N+](=O)[O-])c1.CCOC(C)=O.ClCCBr.Clc1ccc(Br)nc1.[Na+].[OH-]. The van der Waals surface area contributed by atoms with Crippen LogP contribution >= 0.6 is 66.7 Å². The van der Waals surface area contributed by atoms with Crippen LogP contribution in [0.1, 0.15) is 224 Å². The topological polar surface area (TPSA) is 376 Å². The van der Waals surface area contributed by atoms with Gasteiger partial charge in [0, 0.05) is 177 Å². The Labute approximate surface area is 806 Å². The zero-order valence-electron chi connectivity index (χ0n) is 75.4. The van der Waals surface area contributed by atoms with Gasteiger partial charge in [-0.3, -0.25) is 44.2 Å². The summed E-state index contributed by atoms with van der Waals surface area (Å²) in [6.07, 6.45) is 22.8. The molecule has 4 aliphatic heterocycles. The Morgan fingerprint density at radius 2 is 0.850 bits per heavy atom. The van der Waals surface area contributed by atoms with Gasteiger partial charge in [0.05, 0.1) is 54.1 Å². The molecule has 3 aliphatic carbocycles. The maximum Gasteiger partial charge on any atom is 1.00 e. The number of aromatic nitrogens is 6. The third-order valence-electron chi connectivity index (χ3n) is 22.3. The molecular formula is C92H136Br2Cl3N14NaO15. The molecule has 0 aromatic carbocycles. The second-order valence-electron chi connectivity index (χ2n) is 33.9. The number of nitrogens with zero attached hydrogens (tertiary/aromatic N) is 12. The summed E-state index contributed by atoms with van der Waals surface area (Å²) in [5, 5.41) is 29.0. The number of nitrogens with two attached hydrogens (primary N) is 1. The summed E-state index contributed by atoms with van der Waals surface area (Å²) in [7, 11) is 0. The van der Waals surface area contributed by atoms with E-state index in [4.69, 9.17) is 69.5 Å². The summed E-state index contributed by atoms with van der Waals surface area (Å²) in [6.45, 7) is 36.3. The number of esters is 1. The molecule has 6 aromatic heterocycles. The van der Waals surface area contributed by atoms with Crippen LogP contribution in [0.3, 0.4) is 0 Å². The molecule has 0 amide bonds. The molecule has 0 spiro atoms. The molecule has 35 heteroatoms. The van der Waals surface area contributed by atoms with Crippen molar-refractivity contribution >= 4 is 148 Å². The van der Waals surface area contributed by atoms with Crippen molar-refractivity contribution in [2.24, 2.45) is 23.7 Å². The molecule has 127 heavy (non-hydrogen) atoms. The van der Waals surface area contributed by atoms with Crippen molar-refractivity contribution in [1.29, 1.82) is 0 Å². The van der Waals surface area contributed by atoms with Crippen molar-refractivity contribution in [2.45, 2.75) is 249 Å². The van der Waals surface area contributed by atoms with Gasteiger partial charge in [0.15, 0.2) is 11.6 Å². The molecule has 3 saturated carbocycles. The molecule has 700 valence electrons. The molecule has 10 heterocycles. The van der Waals surface area contributed by atoms with E-state index >= 15 is 0 Å². The Morgan fingerprint density at radius 3 is 1.14 bits per heavy atom. The normalized spacial score (nSPS) is 16.3. The van der Waals surface area contributed by atoms with Crippen molar-refractivity contribution in [2.75, 3.05) is 128 Å². The number of nitrogens with one attached hydrogen (secondary N) is 1. The molecular weight excluding hydrogens is 1830 g/mol. The number of nitro groups is 2. The van der Waals surface area contributed by atoms with Crippen LogP contribution in [0.5, 0.6) is 0 Å². The van der Waals surface area contributed by atoms with Crippen LogP contribution in [0.25, 0.3) is 0 Å². The van der Waals surface area contributed by atoms with Gasteiger partial charge in [-0.05, 0) is 223 Å². The fourth-order valence-electron chi connectivity index (χ4n) is 15.6. The number of ether oxygens (including phenoxy) is 5. The molecule has 0 unspecified atom stereocenters. The van der Waals surface area contributed by atoms with Crippen LogP contribution in [0.4, 0.5) is 51.8 Å². The average Bonchev–Trinajstić information content (AvgIpc) is 1.58. The van der Waals surface area contributed by atoms with E-state index in [1.54, 1.807) is 70.7 Å². The zero-order valence-corrected chi connectivity index (χ0v) is 82.9. The Balaban J connectivity index is 0.000000406. The summed E-state index contributed by atoms with van der Waals surface area (Å²) in [6, 6.07) is 15.5. The molecule has 7 aliphatic rings. The number of nitrogen functional groups attached to an aromatic ring is 1. The van der Waals surface area contributed by atoms with E-state index in [1.807, 2.05) is 35.5 Å². The Hall–Kier alpha value is -6.72. The van der Waals surface area contributed by atoms with Gasteiger partial charge < -0.3 is 59.8 Å². The van der Waals surface area contributed by atoms with Crippen LogP contribution in [0.15, 0.2) is 90.3 Å². The standard InChI is InChI=1S/C24H31ClN4O2.C19H27N3O4.C19H29N3O2.C17H25N3O4.C5H3BrClN.C4H8O2.C2H4BrCl.2CH4.Na.H2O/c1-16(2)15-29(20-6-10-31-11-7-20)23-21(28-22-5-4-19(25)14-26-22)12-18(13-27-23)24(8-9-24)17(3)30;1-13(2)12-21(16-4-8-26-9-5-16)18-17(22(24)25)10-15(11-20-18)19(6-7-19)14(3)23;1-13(2)12-22(16-4-8-24-9-5-16)18-17(20)10-15(11-21-18)19(6-7-19)14(3)23;1-12(2)11-19(15-4-6-24-7-5-15)17-16(20(22)23)9-14(10-18-17)8-13(3)21;6-5-2-1-4(7)3-8-5;1-3-6-4(2)5;3-1-2-4;;;;/h4-5,12-14,16,20H,6-11,15H2,1-3H3,(H,26,28);10-11,13,16H,4-9,12H2,1-3H3;10-11,13,16H,4-9,12,20H2,1-3H3;9-10,12,15H,4-8,11H2,1-3H3;1-3H;3H2,1-2H3;1-2H2;2*1H4;;1H2/q;;;;;;;;;+1;/p-1. The number of carbonyl (C=O) groups is 5. The predicted molar refractivity (Wildman–Crippen MR) is 510 cm³/mol. The molecule has 0 radical (unpaired) electrons. The van der Waals surface area contributed by atoms with Crippen molar-refractivity contribution in [3.63, 3.8) is 0 Å². The number of carbonyl (C=O) groups excluding carboxylic acids is 5. The number of alkyl halides is 2. The molecule has 4 N–H and O–H groups in total. The number of ketones is 4. The maximum atomic E-state index is 12.3. The number of rotatable bonds is 30. The number of hydrogen-bond acceptors (Lipinski definition) is 27. The first-order valence-corrected chi connectivity index (χ1v) is 46.1. The molecule has 6 aromatic rings. The van der Waals surface area contributed by atoms with Crippen molar-refractivity contribution < 1.29 is 92.5 Å². The third-order valence-corrected chi connectivity index (χ3v) is 24.2. The minimum absolute atomic E-state index is 0. The van der Waals surface area contributed by atoms with Gasteiger partial charge in [0.2, 0.25) is 11.6 Å². The average molecular weight is 1970 g/mol. The van der Waals surface area contributed by atoms with Gasteiger partial charge in [-0.25, -0.2) is 29.9 Å². The molecule has 13 rings (SSSR count). The number of anilines is 7. The zero-order chi connectivity index (χ0) is 90.3. The first-order valence-electron chi connectivity index (χ1n) is 42.9. The minimum Gasteiger partial charge on any atom is -0.870 e. The van der Waals surface area contributed by atoms with Crippen LogP contribution in [-0.4, -0.2) is 195 Å². The molecule has 0 bridgehead atoms. The fraction of sp³-hybridized carbons (Fsp3) is 0.620. The van der Waals surface area contributed by atoms with Gasteiger partial charge in [0.1, 0.15) is 33.6 Å². The first kappa shape index (κ1) is 114. The summed E-state index contributed by atoms with van der Waals surface area (Å²) in [5.74, 6) is 5.95. The molecule has 4 saturated heterocycles. The van der Waals surface area contributed by atoms with Crippen molar-refractivity contribution in [3.8, 4) is 0 Å². The van der Waals surface area contributed by atoms with E-state index in [2.05, 4.69) is 138 Å². The van der Waals surface area contributed by atoms with E-state index in [0.717, 1.165) is 168 Å². The molecule has 0 atom stereocenters. The van der Waals surface area contributed by atoms with Crippen LogP contribution < -0.4 is 60.2 Å². The summed E-state index contributed by atoms with van der Waals surface area (Å²) in [4.78, 5) is 116. The van der Waals surface area contributed by atoms with E-state index in [9.17, 15) is 44.2 Å². The Kier molecular flexibility index (Phi) is 50.7. The Morgan fingerprint density at radius 1 is 0.520 bits per heavy atom. The number of pyridine rings is 6. The van der Waals surface area contributed by atoms with E-state index in [-0.39, 0.29) is 125 Å². The molecule has 29 nitrogen and oxygen atoms in total. The quantitative estimate of drug-likeness (QED) is 0.0106. The van der Waals surface area contributed by atoms with Gasteiger partial charge in [-0.15, -0.1) is 11.6 Å². The predicted octanol–water partition coefficient (Wildman–Crippen LogP) is 16.9. The largest absolute Gasteiger partial charge is 1.00 e. The van der Waals surface area contributed by atoms with Crippen molar-refractivity contribution in [1.82, 2.24) is 29.9 Å². The van der Waals surface area contributed by atoms with Gasteiger partial charge in [-0.2, -0.15) is 0 Å². The van der Waals surface area contributed by atoms with Crippen LogP contribution in [0, 0.1) is 43.9 Å². The van der Waals surface area contributed by atoms with E-state index in [1.165, 1.54) is 19.9 Å². The number of Topliss-reactive ketones (excluding diaryl/α,β-unsaturated/α-hetero) is 4. The summed E-state index contributed by atoms with van der Waals surface area (Å²) >= 11 is 23.0. The van der Waals surface area contributed by atoms with Gasteiger partial charge in [0.25, 0.3) is 0 Å². The van der Waals surface area contributed by atoms with Gasteiger partial charge >= 0.3 is 46.9 Å². The summed E-state index contributed by atoms with van der Waals surface area (Å²) < 4.78 is 27.2. The van der Waals surface area contributed by atoms with E-state index in [0.29, 0.717) is 132 Å². The minimum atomic E-state index is -0.558. The summed E-state index contributed by atoms with van der Waals surface area (Å²) in [5.41, 5.74) is 9.89. The number of hydrogen-bond donors (Lipinski definition) is 2. The van der Waals surface area contributed by atoms with Crippen molar-refractivity contribution in [3.05, 3.63) is 143 Å². The van der Waals surface area contributed by atoms with E-state index < -0.39 is 10.3 Å². The maximum absolute atomic E-state index is 12.3. The second-order valence-corrected chi connectivity index (χ2v) is 36.8. The third kappa shape index (κ3) is 35.1. The number of halogens is 5. The van der Waals surface area contributed by atoms with Gasteiger partial charge in [-0.1, -0.05) is 109 Å². The Bertz CT molecular complexity index is 4380. The first-order chi connectivity index (χ1) is 58.5. The smallest absolute Gasteiger partial charge is 0.870 e. The second kappa shape index (κ2) is 56.2. The van der Waals surface area contributed by atoms with Crippen LogP contribution in [0.2, 0.25) is 10.0 Å². The molecule has 7 fully saturated rings. The van der Waals surface area contributed by atoms with Crippen LogP contribution in [-0.2, 0) is 70.3 Å². The monoisotopic (exact) mass is 1960 g/mol.